The topological polar surface area (TPSA) is 86.6 Å². The molecule has 0 fully saturated rings. The van der Waals surface area contributed by atoms with Gasteiger partial charge in [0.1, 0.15) is 11.3 Å². The number of carbonyl (C=O) groups is 2. The van der Waals surface area contributed by atoms with Gasteiger partial charge in [0.2, 0.25) is 0 Å². The molecule has 0 unspecified atom stereocenters. The van der Waals surface area contributed by atoms with E-state index in [-0.39, 0.29) is 17.2 Å². The van der Waals surface area contributed by atoms with E-state index in [0.717, 1.165) is 4.88 Å². The Labute approximate surface area is 125 Å². The zero-order valence-electron chi connectivity index (χ0n) is 11.2. The number of hydrogen-bond donors (Lipinski definition) is 3. The lowest BCUT2D eigenvalue weighted by Crippen LogP contribution is -2.13. The van der Waals surface area contributed by atoms with E-state index in [1.807, 2.05) is 17.5 Å². The van der Waals surface area contributed by atoms with E-state index in [1.165, 1.54) is 29.5 Å². The van der Waals surface area contributed by atoms with E-state index < -0.39 is 5.97 Å². The Balaban J connectivity index is 2.16. The molecule has 108 valence electrons. The zero-order valence-corrected chi connectivity index (χ0v) is 12.0. The second-order valence-corrected chi connectivity index (χ2v) is 5.31. The van der Waals surface area contributed by atoms with Crippen LogP contribution in [0.15, 0.2) is 41.3 Å². The number of carbonyl (C=O) groups excluding carboxylic acids is 1. The molecule has 0 atom stereocenters. The van der Waals surface area contributed by atoms with E-state index in [2.05, 4.69) is 5.32 Å². The number of thiophene rings is 1. The summed E-state index contributed by atoms with van der Waals surface area (Å²) < 4.78 is 0. The summed E-state index contributed by atoms with van der Waals surface area (Å²) >= 11 is 1.52. The highest BCUT2D eigenvalue weighted by Gasteiger charge is 2.12. The molecule has 1 aromatic heterocycles. The highest BCUT2D eigenvalue weighted by Crippen LogP contribution is 2.22. The van der Waals surface area contributed by atoms with Crippen molar-refractivity contribution in [1.29, 1.82) is 0 Å². The van der Waals surface area contributed by atoms with Crippen LogP contribution in [0.3, 0.4) is 0 Å². The molecule has 2 rings (SSSR count). The predicted octanol–water partition coefficient (Wildman–Crippen LogP) is 3.19. The number of aromatic carboxylic acids is 1. The lowest BCUT2D eigenvalue weighted by Gasteiger charge is -2.07. The van der Waals surface area contributed by atoms with Gasteiger partial charge in [-0.2, -0.15) is 0 Å². The molecular weight excluding hydrogens is 290 g/mol. The summed E-state index contributed by atoms with van der Waals surface area (Å²) in [4.78, 5) is 23.9. The monoisotopic (exact) mass is 303 g/mol. The Morgan fingerprint density at radius 3 is 2.67 bits per heavy atom. The summed E-state index contributed by atoms with van der Waals surface area (Å²) in [5.41, 5.74) is 0.559. The predicted molar refractivity (Wildman–Crippen MR) is 81.7 cm³/mol. The average molecular weight is 303 g/mol. The summed E-state index contributed by atoms with van der Waals surface area (Å²) in [6.45, 7) is 1.67. The van der Waals surface area contributed by atoms with Crippen LogP contribution in [0.4, 0.5) is 5.69 Å². The number of rotatable bonds is 4. The van der Waals surface area contributed by atoms with Gasteiger partial charge in [-0.3, -0.25) is 4.79 Å². The van der Waals surface area contributed by atoms with Crippen molar-refractivity contribution in [3.05, 3.63) is 51.7 Å². The second kappa shape index (κ2) is 6.23. The van der Waals surface area contributed by atoms with Gasteiger partial charge in [0.25, 0.3) is 5.91 Å². The number of nitrogens with one attached hydrogen (secondary N) is 1. The molecule has 0 bridgehead atoms. The zero-order chi connectivity index (χ0) is 15.4. The fourth-order valence-electron chi connectivity index (χ4n) is 1.67. The van der Waals surface area contributed by atoms with Crippen LogP contribution in [0.25, 0.3) is 6.08 Å². The highest BCUT2D eigenvalue weighted by atomic mass is 32.1. The smallest absolute Gasteiger partial charge is 0.339 e. The number of hydrogen-bond acceptors (Lipinski definition) is 4. The molecule has 0 radical (unpaired) electrons. The number of carboxylic acids is 1. The molecule has 1 amide bonds. The highest BCUT2D eigenvalue weighted by molar-refractivity contribution is 7.10. The number of amides is 1. The summed E-state index contributed by atoms with van der Waals surface area (Å²) in [5.74, 6) is -1.92. The Morgan fingerprint density at radius 2 is 2.05 bits per heavy atom. The molecule has 3 N–H and O–H groups in total. The summed E-state index contributed by atoms with van der Waals surface area (Å²) in [5, 5.41) is 22.9. The lowest BCUT2D eigenvalue weighted by molar-refractivity contribution is -0.112. The van der Waals surface area contributed by atoms with Gasteiger partial charge < -0.3 is 15.5 Å². The molecule has 21 heavy (non-hydrogen) atoms. The molecule has 0 spiro atoms. The quantitative estimate of drug-likeness (QED) is 0.598. The Bertz CT molecular complexity index is 704. The van der Waals surface area contributed by atoms with Crippen molar-refractivity contribution in [3.8, 4) is 5.75 Å². The molecule has 1 heterocycles. The van der Waals surface area contributed by atoms with Crippen LogP contribution in [-0.4, -0.2) is 22.1 Å². The van der Waals surface area contributed by atoms with Gasteiger partial charge in [0.05, 0.1) is 0 Å². The van der Waals surface area contributed by atoms with E-state index >= 15 is 0 Å². The van der Waals surface area contributed by atoms with Crippen LogP contribution in [0.5, 0.6) is 5.75 Å². The first-order chi connectivity index (χ1) is 9.97. The molecule has 0 aliphatic heterocycles. The molecular formula is C15H13NO4S. The molecule has 0 aliphatic rings. The largest absolute Gasteiger partial charge is 0.507 e. The summed E-state index contributed by atoms with van der Waals surface area (Å²) in [6, 6.07) is 7.68. The van der Waals surface area contributed by atoms with Crippen LogP contribution >= 0.6 is 11.3 Å². The number of carboxylic acid groups (broad SMARTS) is 1. The number of aromatic hydroxyl groups is 1. The Kier molecular flexibility index (Phi) is 4.39. The van der Waals surface area contributed by atoms with Crippen molar-refractivity contribution in [1.82, 2.24) is 0 Å². The third kappa shape index (κ3) is 3.70. The first-order valence-electron chi connectivity index (χ1n) is 6.07. The fourth-order valence-corrected chi connectivity index (χ4v) is 2.38. The van der Waals surface area contributed by atoms with Crippen LogP contribution < -0.4 is 5.32 Å². The summed E-state index contributed by atoms with van der Waals surface area (Å²) in [7, 11) is 0. The van der Waals surface area contributed by atoms with Crippen LogP contribution in [0.1, 0.15) is 22.2 Å². The van der Waals surface area contributed by atoms with Crippen molar-refractivity contribution < 1.29 is 19.8 Å². The third-order valence-corrected chi connectivity index (χ3v) is 3.56. The van der Waals surface area contributed by atoms with E-state index in [9.17, 15) is 14.7 Å². The molecule has 0 aliphatic carbocycles. The van der Waals surface area contributed by atoms with Gasteiger partial charge in [-0.1, -0.05) is 6.07 Å². The minimum absolute atomic E-state index is 0.257. The second-order valence-electron chi connectivity index (χ2n) is 4.33. The first-order valence-corrected chi connectivity index (χ1v) is 6.95. The summed E-state index contributed by atoms with van der Waals surface area (Å²) in [6.07, 6.45) is 1.75. The van der Waals surface area contributed by atoms with Crippen molar-refractivity contribution in [3.63, 3.8) is 0 Å². The maximum Gasteiger partial charge on any atom is 0.339 e. The number of phenols is 1. The molecule has 0 saturated carbocycles. The van der Waals surface area contributed by atoms with E-state index in [1.54, 1.807) is 13.0 Å². The van der Waals surface area contributed by atoms with Gasteiger partial charge in [-0.15, -0.1) is 11.3 Å². The maximum atomic E-state index is 12.0. The van der Waals surface area contributed by atoms with Gasteiger partial charge in [-0.25, -0.2) is 4.79 Å². The average Bonchev–Trinajstić information content (AvgIpc) is 2.93. The lowest BCUT2D eigenvalue weighted by atomic mass is 10.1. The van der Waals surface area contributed by atoms with Crippen molar-refractivity contribution in [2.45, 2.75) is 6.92 Å². The fraction of sp³-hybridized carbons (Fsp3) is 0.0667. The third-order valence-electron chi connectivity index (χ3n) is 2.74. The standard InChI is InChI=1S/C15H13NO4S/c1-9(7-11-3-2-6-21-11)14(18)16-10-4-5-13(17)12(8-10)15(19)20/h2-8,17H,1H3,(H,16,18)(H,19,20). The van der Waals surface area contributed by atoms with Crippen molar-refractivity contribution >= 4 is 35.0 Å². The first kappa shape index (κ1) is 14.8. The Morgan fingerprint density at radius 1 is 1.29 bits per heavy atom. The number of benzene rings is 1. The minimum Gasteiger partial charge on any atom is -0.507 e. The number of anilines is 1. The van der Waals surface area contributed by atoms with E-state index in [4.69, 9.17) is 5.11 Å². The minimum atomic E-state index is -1.26. The van der Waals surface area contributed by atoms with Crippen molar-refractivity contribution in [2.75, 3.05) is 5.32 Å². The van der Waals surface area contributed by atoms with Crippen molar-refractivity contribution in [2.24, 2.45) is 0 Å². The molecule has 6 heteroatoms. The van der Waals surface area contributed by atoms with Gasteiger partial charge in [0, 0.05) is 16.1 Å². The van der Waals surface area contributed by atoms with Crippen LogP contribution in [0, 0.1) is 0 Å². The molecule has 2 aromatic rings. The van der Waals surface area contributed by atoms with Crippen LogP contribution in [-0.2, 0) is 4.79 Å². The van der Waals surface area contributed by atoms with E-state index in [0.29, 0.717) is 11.3 Å². The normalized spacial score (nSPS) is 11.2. The maximum absolute atomic E-state index is 12.0. The molecule has 1 aromatic carbocycles. The molecule has 0 saturated heterocycles. The van der Waals surface area contributed by atoms with Gasteiger partial charge in [-0.05, 0) is 42.6 Å². The Hall–Kier alpha value is -2.60. The van der Waals surface area contributed by atoms with Gasteiger partial charge >= 0.3 is 5.97 Å². The molecule has 5 nitrogen and oxygen atoms in total. The van der Waals surface area contributed by atoms with Crippen LogP contribution in [0.2, 0.25) is 0 Å². The van der Waals surface area contributed by atoms with Gasteiger partial charge in [0.15, 0.2) is 0 Å². The SMILES string of the molecule is CC(=Cc1cccs1)C(=O)Nc1ccc(O)c(C(=O)O)c1.